The lowest BCUT2D eigenvalue weighted by Gasteiger charge is -2.16. The fraction of sp³-hybridized carbons (Fsp3) is 0.250. The minimum atomic E-state index is -0.579. The van der Waals surface area contributed by atoms with Crippen molar-refractivity contribution >= 4 is 46.7 Å². The normalized spacial score (nSPS) is 16.1. The Morgan fingerprint density at radius 3 is 2.46 bits per heavy atom. The second-order valence-electron chi connectivity index (χ2n) is 6.47. The molecule has 0 bridgehead atoms. The SMILES string of the molecule is O=C(COC(=O)[C@@H]1CC(=O)N(Cc2ccccc2)C1)Nc1cc(Cl)cc(Cl)c1. The fourth-order valence-corrected chi connectivity index (χ4v) is 3.49. The van der Waals surface area contributed by atoms with Crippen molar-refractivity contribution in [2.24, 2.45) is 5.92 Å². The number of nitrogens with one attached hydrogen (secondary N) is 1. The molecule has 1 aliphatic heterocycles. The van der Waals surface area contributed by atoms with Crippen molar-refractivity contribution in [1.29, 1.82) is 0 Å². The highest BCUT2D eigenvalue weighted by Crippen LogP contribution is 2.23. The zero-order valence-corrected chi connectivity index (χ0v) is 16.4. The van der Waals surface area contributed by atoms with Crippen molar-refractivity contribution < 1.29 is 19.1 Å². The lowest BCUT2D eigenvalue weighted by atomic mass is 10.1. The molecule has 0 aromatic heterocycles. The number of esters is 1. The third-order valence-corrected chi connectivity index (χ3v) is 4.69. The van der Waals surface area contributed by atoms with Crippen LogP contribution < -0.4 is 5.32 Å². The van der Waals surface area contributed by atoms with Gasteiger partial charge in [-0.1, -0.05) is 53.5 Å². The molecule has 6 nitrogen and oxygen atoms in total. The second kappa shape index (κ2) is 9.08. The van der Waals surface area contributed by atoms with Crippen molar-refractivity contribution in [2.75, 3.05) is 18.5 Å². The molecule has 0 radical (unpaired) electrons. The van der Waals surface area contributed by atoms with Gasteiger partial charge in [0.15, 0.2) is 6.61 Å². The van der Waals surface area contributed by atoms with E-state index in [1.807, 2.05) is 30.3 Å². The molecular formula is C20H18Cl2N2O4. The van der Waals surface area contributed by atoms with E-state index in [2.05, 4.69) is 5.32 Å². The third kappa shape index (κ3) is 5.47. The first-order chi connectivity index (χ1) is 13.4. The lowest BCUT2D eigenvalue weighted by molar-refractivity contribution is -0.151. The van der Waals surface area contributed by atoms with Crippen molar-refractivity contribution in [3.8, 4) is 0 Å². The minimum Gasteiger partial charge on any atom is -0.455 e. The Balaban J connectivity index is 1.48. The fourth-order valence-electron chi connectivity index (χ4n) is 2.96. The molecule has 0 spiro atoms. The number of halogens is 2. The van der Waals surface area contributed by atoms with E-state index in [-0.39, 0.29) is 18.9 Å². The second-order valence-corrected chi connectivity index (χ2v) is 7.35. The Bertz CT molecular complexity index is 869. The number of ether oxygens (including phenoxy) is 1. The Labute approximate surface area is 172 Å². The number of likely N-dealkylation sites (tertiary alicyclic amines) is 1. The van der Waals surface area contributed by atoms with E-state index < -0.39 is 24.4 Å². The molecule has 2 aromatic rings. The van der Waals surface area contributed by atoms with E-state index in [0.29, 0.717) is 22.3 Å². The van der Waals surface area contributed by atoms with Crippen molar-refractivity contribution in [1.82, 2.24) is 4.90 Å². The number of carbonyl (C=O) groups is 3. The summed E-state index contributed by atoms with van der Waals surface area (Å²) in [5.41, 5.74) is 1.40. The van der Waals surface area contributed by atoms with Gasteiger partial charge in [-0.25, -0.2) is 0 Å². The smallest absolute Gasteiger partial charge is 0.311 e. The van der Waals surface area contributed by atoms with Crippen molar-refractivity contribution in [3.05, 3.63) is 64.1 Å². The highest BCUT2D eigenvalue weighted by atomic mass is 35.5. The summed E-state index contributed by atoms with van der Waals surface area (Å²) < 4.78 is 5.07. The Kier molecular flexibility index (Phi) is 6.54. The first kappa shape index (κ1) is 20.2. The van der Waals surface area contributed by atoms with Gasteiger partial charge in [0.1, 0.15) is 0 Å². The van der Waals surface area contributed by atoms with Crippen LogP contribution in [0.25, 0.3) is 0 Å². The summed E-state index contributed by atoms with van der Waals surface area (Å²) in [6, 6.07) is 14.1. The number of anilines is 1. The van der Waals surface area contributed by atoms with Gasteiger partial charge in [0.05, 0.1) is 5.92 Å². The molecule has 28 heavy (non-hydrogen) atoms. The van der Waals surface area contributed by atoms with E-state index in [1.54, 1.807) is 4.90 Å². The molecule has 8 heteroatoms. The lowest BCUT2D eigenvalue weighted by Crippen LogP contribution is -2.28. The third-order valence-electron chi connectivity index (χ3n) is 4.26. The summed E-state index contributed by atoms with van der Waals surface area (Å²) >= 11 is 11.7. The maximum Gasteiger partial charge on any atom is 0.311 e. The summed E-state index contributed by atoms with van der Waals surface area (Å²) in [4.78, 5) is 38.0. The highest BCUT2D eigenvalue weighted by Gasteiger charge is 2.35. The van der Waals surface area contributed by atoms with Gasteiger partial charge in [0, 0.05) is 35.2 Å². The van der Waals surface area contributed by atoms with Crippen LogP contribution >= 0.6 is 23.2 Å². The molecule has 1 saturated heterocycles. The van der Waals surface area contributed by atoms with E-state index >= 15 is 0 Å². The topological polar surface area (TPSA) is 75.7 Å². The molecule has 1 heterocycles. The van der Waals surface area contributed by atoms with Gasteiger partial charge in [0.25, 0.3) is 5.91 Å². The summed E-state index contributed by atoms with van der Waals surface area (Å²) in [5, 5.41) is 3.31. The van der Waals surface area contributed by atoms with Gasteiger partial charge in [-0.2, -0.15) is 0 Å². The minimum absolute atomic E-state index is 0.0805. The van der Waals surface area contributed by atoms with Crippen molar-refractivity contribution in [3.63, 3.8) is 0 Å². The molecule has 0 unspecified atom stereocenters. The first-order valence-electron chi connectivity index (χ1n) is 8.65. The average Bonchev–Trinajstić information content (AvgIpc) is 3.00. The number of hydrogen-bond acceptors (Lipinski definition) is 4. The summed E-state index contributed by atoms with van der Waals surface area (Å²) in [7, 11) is 0. The van der Waals surface area contributed by atoms with Gasteiger partial charge in [-0.15, -0.1) is 0 Å². The van der Waals surface area contributed by atoms with Crippen LogP contribution in [0.5, 0.6) is 0 Å². The van der Waals surface area contributed by atoms with E-state index in [4.69, 9.17) is 27.9 Å². The van der Waals surface area contributed by atoms with Crippen LogP contribution in [0.4, 0.5) is 5.69 Å². The molecule has 3 rings (SSSR count). The molecule has 2 amide bonds. The molecule has 1 N–H and O–H groups in total. The summed E-state index contributed by atoms with van der Waals surface area (Å²) in [5.74, 6) is -1.77. The Morgan fingerprint density at radius 2 is 1.79 bits per heavy atom. The van der Waals surface area contributed by atoms with Crippen LogP contribution in [0.15, 0.2) is 48.5 Å². The van der Waals surface area contributed by atoms with Crippen LogP contribution in [-0.4, -0.2) is 35.8 Å². The molecule has 0 aliphatic carbocycles. The predicted octanol–water partition coefficient (Wildman–Crippen LogP) is 3.52. The van der Waals surface area contributed by atoms with Gasteiger partial charge < -0.3 is 15.0 Å². The van der Waals surface area contributed by atoms with Crippen LogP contribution in [0.3, 0.4) is 0 Å². The molecule has 2 aromatic carbocycles. The Morgan fingerprint density at radius 1 is 1.11 bits per heavy atom. The number of nitrogens with zero attached hydrogens (tertiary/aromatic N) is 1. The van der Waals surface area contributed by atoms with Crippen LogP contribution in [0.2, 0.25) is 10.0 Å². The van der Waals surface area contributed by atoms with Crippen LogP contribution in [0, 0.1) is 5.92 Å². The first-order valence-corrected chi connectivity index (χ1v) is 9.40. The van der Waals surface area contributed by atoms with Crippen molar-refractivity contribution in [2.45, 2.75) is 13.0 Å². The number of hydrogen-bond donors (Lipinski definition) is 1. The average molecular weight is 421 g/mol. The Hall–Kier alpha value is -2.57. The van der Waals surface area contributed by atoms with Gasteiger partial charge in [-0.05, 0) is 23.8 Å². The maximum atomic E-state index is 12.2. The van der Waals surface area contributed by atoms with Gasteiger partial charge in [-0.3, -0.25) is 14.4 Å². The summed E-state index contributed by atoms with van der Waals surface area (Å²) in [6.07, 6.45) is 0.0805. The van der Waals surface area contributed by atoms with Crippen LogP contribution in [-0.2, 0) is 25.7 Å². The molecular weight excluding hydrogens is 403 g/mol. The number of amides is 2. The highest BCUT2D eigenvalue weighted by molar-refractivity contribution is 6.35. The van der Waals surface area contributed by atoms with Gasteiger partial charge >= 0.3 is 5.97 Å². The number of benzene rings is 2. The monoisotopic (exact) mass is 420 g/mol. The predicted molar refractivity (Wildman–Crippen MR) is 106 cm³/mol. The van der Waals surface area contributed by atoms with Gasteiger partial charge in [0.2, 0.25) is 5.91 Å². The van der Waals surface area contributed by atoms with E-state index in [0.717, 1.165) is 5.56 Å². The van der Waals surface area contributed by atoms with Crippen LogP contribution in [0.1, 0.15) is 12.0 Å². The zero-order chi connectivity index (χ0) is 20.1. The largest absolute Gasteiger partial charge is 0.455 e. The molecule has 146 valence electrons. The summed E-state index contributed by atoms with van der Waals surface area (Å²) in [6.45, 7) is 0.268. The quantitative estimate of drug-likeness (QED) is 0.725. The maximum absolute atomic E-state index is 12.2. The molecule has 1 aliphatic rings. The number of carbonyl (C=O) groups excluding carboxylic acids is 3. The standard InChI is InChI=1S/C20H18Cl2N2O4/c21-15-7-16(22)9-17(8-15)23-18(25)12-28-20(27)14-6-19(26)24(11-14)10-13-4-2-1-3-5-13/h1-5,7-9,14H,6,10-12H2,(H,23,25)/t14-/m1/s1. The molecule has 1 fully saturated rings. The molecule has 1 atom stereocenters. The van der Waals surface area contributed by atoms with E-state index in [1.165, 1.54) is 18.2 Å². The molecule has 0 saturated carbocycles. The zero-order valence-electron chi connectivity index (χ0n) is 14.9. The number of rotatable bonds is 6. The van der Waals surface area contributed by atoms with E-state index in [9.17, 15) is 14.4 Å².